The highest BCUT2D eigenvalue weighted by Crippen LogP contribution is 2.27. The Morgan fingerprint density at radius 2 is 1.76 bits per heavy atom. The number of amides is 1. The van der Waals surface area contributed by atoms with Crippen LogP contribution in [0.25, 0.3) is 0 Å². The molecule has 180 valence electrons. The molecular weight excluding hydrogens is 518 g/mol. The molecule has 0 fully saturated rings. The highest BCUT2D eigenvalue weighted by Gasteiger charge is 2.14. The monoisotopic (exact) mass is 545 g/mol. The smallest absolute Gasteiger partial charge is 0.257 e. The van der Waals surface area contributed by atoms with Gasteiger partial charge in [-0.1, -0.05) is 45.9 Å². The van der Waals surface area contributed by atoms with E-state index in [2.05, 4.69) is 26.2 Å². The Morgan fingerprint density at radius 3 is 2.44 bits per heavy atom. The molecule has 0 radical (unpaired) electrons. The summed E-state index contributed by atoms with van der Waals surface area (Å²) in [7, 11) is 4.88. The molecule has 0 saturated carbocycles. The third-order valence-electron chi connectivity index (χ3n) is 5.36. The van der Waals surface area contributed by atoms with Crippen molar-refractivity contribution in [1.29, 1.82) is 0 Å². The fraction of sp³-hybridized carbons (Fsp3) is 0.320. The van der Waals surface area contributed by atoms with Crippen LogP contribution in [-0.4, -0.2) is 42.0 Å². The van der Waals surface area contributed by atoms with Crippen LogP contribution in [0.4, 0.5) is 0 Å². The number of benzene rings is 2. The zero-order valence-corrected chi connectivity index (χ0v) is 22.1. The second-order valence-electron chi connectivity index (χ2n) is 7.70. The molecule has 1 amide bonds. The van der Waals surface area contributed by atoms with Crippen LogP contribution in [0.5, 0.6) is 11.5 Å². The summed E-state index contributed by atoms with van der Waals surface area (Å²) in [6.07, 6.45) is 1.18. The molecule has 1 N–H and O–H groups in total. The van der Waals surface area contributed by atoms with Crippen molar-refractivity contribution in [3.8, 4) is 11.5 Å². The summed E-state index contributed by atoms with van der Waals surface area (Å²) in [6.45, 7) is 2.33. The summed E-state index contributed by atoms with van der Waals surface area (Å²) in [4.78, 5) is 29.9. The van der Waals surface area contributed by atoms with E-state index in [0.29, 0.717) is 47.3 Å². The molecule has 0 atom stereocenters. The second kappa shape index (κ2) is 12.1. The van der Waals surface area contributed by atoms with Crippen molar-refractivity contribution < 1.29 is 14.3 Å². The first-order valence-electron chi connectivity index (χ1n) is 10.7. The molecule has 9 heteroatoms. The van der Waals surface area contributed by atoms with Gasteiger partial charge in [0.1, 0.15) is 0 Å². The van der Waals surface area contributed by atoms with Crippen molar-refractivity contribution in [3.63, 3.8) is 0 Å². The van der Waals surface area contributed by atoms with Gasteiger partial charge in [0, 0.05) is 35.7 Å². The number of aromatic nitrogens is 2. The van der Waals surface area contributed by atoms with Crippen molar-refractivity contribution in [1.82, 2.24) is 14.9 Å². The van der Waals surface area contributed by atoms with Crippen LogP contribution >= 0.6 is 27.7 Å². The van der Waals surface area contributed by atoms with Gasteiger partial charge in [-0.25, -0.2) is 4.98 Å². The Morgan fingerprint density at radius 1 is 1.09 bits per heavy atom. The maximum atomic E-state index is 12.9. The number of halogens is 1. The van der Waals surface area contributed by atoms with Crippen LogP contribution in [-0.2, 0) is 24.7 Å². The number of nitrogens with one attached hydrogen (secondary N) is 1. The third-order valence-corrected chi connectivity index (χ3v) is 6.92. The topological polar surface area (TPSA) is 82.5 Å². The largest absolute Gasteiger partial charge is 0.493 e. The molecular formula is C25H28BrN3O4S. The fourth-order valence-corrected chi connectivity index (χ4v) is 4.54. The first-order chi connectivity index (χ1) is 16.3. The minimum absolute atomic E-state index is 0.0909. The van der Waals surface area contributed by atoms with Crippen molar-refractivity contribution >= 4 is 33.6 Å². The SMILES string of the molecule is COc1ccc(CCNC(=O)CSc2nc(C)c(Cc3ccc(Br)cc3)c(=O)n2C)cc1OC. The summed E-state index contributed by atoms with van der Waals surface area (Å²) in [5, 5.41) is 3.44. The van der Waals surface area contributed by atoms with Crippen LogP contribution in [0.2, 0.25) is 0 Å². The lowest BCUT2D eigenvalue weighted by Crippen LogP contribution is -2.29. The van der Waals surface area contributed by atoms with E-state index in [1.54, 1.807) is 21.3 Å². The van der Waals surface area contributed by atoms with Gasteiger partial charge in [0.2, 0.25) is 5.91 Å². The van der Waals surface area contributed by atoms with Gasteiger partial charge in [-0.05, 0) is 48.7 Å². The number of nitrogens with zero attached hydrogens (tertiary/aromatic N) is 2. The summed E-state index contributed by atoms with van der Waals surface area (Å²) in [5.41, 5.74) is 3.33. The molecule has 0 bridgehead atoms. The third kappa shape index (κ3) is 6.64. The van der Waals surface area contributed by atoms with Crippen LogP contribution < -0.4 is 20.3 Å². The summed E-state index contributed by atoms with van der Waals surface area (Å²) >= 11 is 4.68. The van der Waals surface area contributed by atoms with E-state index in [1.807, 2.05) is 49.4 Å². The van der Waals surface area contributed by atoms with Gasteiger partial charge < -0.3 is 14.8 Å². The van der Waals surface area contributed by atoms with Gasteiger partial charge in [0.15, 0.2) is 16.7 Å². The van der Waals surface area contributed by atoms with E-state index < -0.39 is 0 Å². The minimum atomic E-state index is -0.115. The minimum Gasteiger partial charge on any atom is -0.493 e. The van der Waals surface area contributed by atoms with Gasteiger partial charge in [-0.15, -0.1) is 0 Å². The molecule has 2 aromatic carbocycles. The highest BCUT2D eigenvalue weighted by atomic mass is 79.9. The lowest BCUT2D eigenvalue weighted by Gasteiger charge is -2.12. The molecule has 3 rings (SSSR count). The van der Waals surface area contributed by atoms with Gasteiger partial charge >= 0.3 is 0 Å². The second-order valence-corrected chi connectivity index (χ2v) is 9.56. The number of hydrogen-bond acceptors (Lipinski definition) is 6. The summed E-state index contributed by atoms with van der Waals surface area (Å²) in [6, 6.07) is 13.6. The van der Waals surface area contributed by atoms with Crippen molar-refractivity contribution in [2.75, 3.05) is 26.5 Å². The molecule has 3 aromatic rings. The number of hydrogen-bond donors (Lipinski definition) is 1. The van der Waals surface area contributed by atoms with Crippen molar-refractivity contribution in [2.24, 2.45) is 7.05 Å². The average molecular weight is 546 g/mol. The standard InChI is InChI=1S/C25H28BrN3O4S/c1-16-20(13-17-5-8-19(26)9-6-17)24(31)29(2)25(28-16)34-15-23(30)27-12-11-18-7-10-21(32-3)22(14-18)33-4/h5-10,14H,11-13,15H2,1-4H3,(H,27,30). The lowest BCUT2D eigenvalue weighted by molar-refractivity contribution is -0.118. The summed E-state index contributed by atoms with van der Waals surface area (Å²) < 4.78 is 13.1. The molecule has 0 saturated heterocycles. The van der Waals surface area contributed by atoms with Crippen LogP contribution in [0.3, 0.4) is 0 Å². The highest BCUT2D eigenvalue weighted by molar-refractivity contribution is 9.10. The Balaban J connectivity index is 1.56. The van der Waals surface area contributed by atoms with E-state index in [0.717, 1.165) is 15.6 Å². The molecule has 0 aliphatic carbocycles. The lowest BCUT2D eigenvalue weighted by atomic mass is 10.1. The van der Waals surface area contributed by atoms with Crippen molar-refractivity contribution in [3.05, 3.63) is 79.7 Å². The maximum Gasteiger partial charge on any atom is 0.257 e. The average Bonchev–Trinajstić information content (AvgIpc) is 2.84. The van der Waals surface area contributed by atoms with E-state index in [9.17, 15) is 9.59 Å². The molecule has 0 aliphatic heterocycles. The first-order valence-corrected chi connectivity index (χ1v) is 12.5. The molecule has 0 spiro atoms. The first kappa shape index (κ1) is 25.8. The molecule has 0 unspecified atom stereocenters. The number of thioether (sulfide) groups is 1. The van der Waals surface area contributed by atoms with E-state index in [-0.39, 0.29) is 17.2 Å². The number of methoxy groups -OCH3 is 2. The number of carbonyl (C=O) groups excluding carboxylic acids is 1. The van der Waals surface area contributed by atoms with E-state index in [4.69, 9.17) is 9.47 Å². The Bertz CT molecular complexity index is 1210. The number of carbonyl (C=O) groups is 1. The number of ether oxygens (including phenoxy) is 2. The number of rotatable bonds is 10. The van der Waals surface area contributed by atoms with E-state index >= 15 is 0 Å². The molecule has 0 aliphatic rings. The zero-order chi connectivity index (χ0) is 24.7. The quantitative estimate of drug-likeness (QED) is 0.307. The molecule has 1 aromatic heterocycles. The van der Waals surface area contributed by atoms with Gasteiger partial charge in [0.05, 0.1) is 20.0 Å². The number of aryl methyl sites for hydroxylation is 1. The van der Waals surface area contributed by atoms with Crippen LogP contribution in [0.15, 0.2) is 56.9 Å². The van der Waals surface area contributed by atoms with Gasteiger partial charge in [0.25, 0.3) is 5.56 Å². The van der Waals surface area contributed by atoms with E-state index in [1.165, 1.54) is 16.3 Å². The predicted octanol–water partition coefficient (Wildman–Crippen LogP) is 3.91. The molecule has 7 nitrogen and oxygen atoms in total. The van der Waals surface area contributed by atoms with Gasteiger partial charge in [-0.3, -0.25) is 14.2 Å². The zero-order valence-electron chi connectivity index (χ0n) is 19.7. The van der Waals surface area contributed by atoms with Crippen molar-refractivity contribution in [2.45, 2.75) is 24.9 Å². The normalized spacial score (nSPS) is 10.7. The summed E-state index contributed by atoms with van der Waals surface area (Å²) in [5.74, 6) is 1.39. The Labute approximate surface area is 212 Å². The fourth-order valence-electron chi connectivity index (χ4n) is 3.43. The Hall–Kier alpha value is -2.78. The molecule has 1 heterocycles. The predicted molar refractivity (Wildman–Crippen MR) is 138 cm³/mol. The van der Waals surface area contributed by atoms with Gasteiger partial charge in [-0.2, -0.15) is 0 Å². The Kier molecular flexibility index (Phi) is 9.18. The molecule has 34 heavy (non-hydrogen) atoms. The maximum absolute atomic E-state index is 12.9. The van der Waals surface area contributed by atoms with Crippen LogP contribution in [0, 0.1) is 6.92 Å². The van der Waals surface area contributed by atoms with Crippen LogP contribution in [0.1, 0.15) is 22.4 Å².